The van der Waals surface area contributed by atoms with Crippen LogP contribution in [-0.4, -0.2) is 17.3 Å². The van der Waals surface area contributed by atoms with Gasteiger partial charge in [0.2, 0.25) is 0 Å². The van der Waals surface area contributed by atoms with E-state index in [2.05, 4.69) is 10.3 Å². The fraction of sp³-hybridized carbons (Fsp3) is 0.200. The van der Waals surface area contributed by atoms with Crippen molar-refractivity contribution >= 4 is 17.4 Å². The number of rotatable bonds is 6. The van der Waals surface area contributed by atoms with Crippen molar-refractivity contribution in [3.05, 3.63) is 59.7 Å². The molecule has 20 heavy (non-hydrogen) atoms. The lowest BCUT2D eigenvalue weighted by Gasteiger charge is -2.06. The molecule has 1 aromatic heterocycles. The SMILES string of the molecule is N#Cc1ccc(NCCSCc2ccccc2F)cn1. The highest BCUT2D eigenvalue weighted by atomic mass is 32.2. The number of nitrogens with one attached hydrogen (secondary N) is 1. The van der Waals surface area contributed by atoms with E-state index in [4.69, 9.17) is 5.26 Å². The number of hydrogen-bond acceptors (Lipinski definition) is 4. The minimum atomic E-state index is -0.149. The van der Waals surface area contributed by atoms with Gasteiger partial charge in [-0.25, -0.2) is 9.37 Å². The number of benzene rings is 1. The van der Waals surface area contributed by atoms with E-state index in [1.54, 1.807) is 36.2 Å². The number of halogens is 1. The molecule has 0 fully saturated rings. The Morgan fingerprint density at radius 2 is 2.10 bits per heavy atom. The third-order valence-corrected chi connectivity index (χ3v) is 3.68. The van der Waals surface area contributed by atoms with E-state index in [1.165, 1.54) is 6.07 Å². The molecule has 3 nitrogen and oxygen atoms in total. The minimum Gasteiger partial charge on any atom is -0.383 e. The molecule has 0 spiro atoms. The summed E-state index contributed by atoms with van der Waals surface area (Å²) in [6.07, 6.45) is 1.64. The van der Waals surface area contributed by atoms with Crippen LogP contribution in [-0.2, 0) is 5.75 Å². The van der Waals surface area contributed by atoms with Crippen LogP contribution < -0.4 is 5.32 Å². The Kier molecular flexibility index (Phi) is 5.39. The van der Waals surface area contributed by atoms with Gasteiger partial charge in [-0.1, -0.05) is 18.2 Å². The number of nitriles is 1. The third-order valence-electron chi connectivity index (χ3n) is 2.67. The van der Waals surface area contributed by atoms with E-state index in [9.17, 15) is 4.39 Å². The summed E-state index contributed by atoms with van der Waals surface area (Å²) >= 11 is 1.67. The molecule has 0 aliphatic carbocycles. The Hall–Kier alpha value is -2.06. The highest BCUT2D eigenvalue weighted by Gasteiger charge is 2.00. The van der Waals surface area contributed by atoms with Gasteiger partial charge >= 0.3 is 0 Å². The fourth-order valence-corrected chi connectivity index (χ4v) is 2.47. The van der Waals surface area contributed by atoms with Gasteiger partial charge in [0.15, 0.2) is 0 Å². The number of pyridine rings is 1. The van der Waals surface area contributed by atoms with E-state index in [-0.39, 0.29) is 5.82 Å². The van der Waals surface area contributed by atoms with Gasteiger partial charge in [0.25, 0.3) is 0 Å². The molecule has 2 rings (SSSR count). The van der Waals surface area contributed by atoms with E-state index in [1.807, 2.05) is 18.2 Å². The quantitative estimate of drug-likeness (QED) is 0.827. The van der Waals surface area contributed by atoms with Crippen molar-refractivity contribution in [1.29, 1.82) is 5.26 Å². The topological polar surface area (TPSA) is 48.7 Å². The van der Waals surface area contributed by atoms with Gasteiger partial charge in [-0.05, 0) is 23.8 Å². The van der Waals surface area contributed by atoms with Gasteiger partial charge < -0.3 is 5.32 Å². The fourth-order valence-electron chi connectivity index (χ4n) is 1.63. The average molecular weight is 287 g/mol. The molecule has 0 atom stereocenters. The number of nitrogens with zero attached hydrogens (tertiary/aromatic N) is 2. The zero-order valence-electron chi connectivity index (χ0n) is 10.8. The van der Waals surface area contributed by atoms with E-state index >= 15 is 0 Å². The zero-order valence-corrected chi connectivity index (χ0v) is 11.7. The van der Waals surface area contributed by atoms with Crippen molar-refractivity contribution < 1.29 is 4.39 Å². The summed E-state index contributed by atoms with van der Waals surface area (Å²) in [6.45, 7) is 0.771. The first kappa shape index (κ1) is 14.4. The second kappa shape index (κ2) is 7.51. The predicted molar refractivity (Wildman–Crippen MR) is 80.0 cm³/mol. The molecule has 0 aliphatic rings. The van der Waals surface area contributed by atoms with Crippen LogP contribution >= 0.6 is 11.8 Å². The van der Waals surface area contributed by atoms with Crippen LogP contribution in [0.25, 0.3) is 0 Å². The van der Waals surface area contributed by atoms with Crippen molar-refractivity contribution in [1.82, 2.24) is 4.98 Å². The van der Waals surface area contributed by atoms with Crippen molar-refractivity contribution in [2.45, 2.75) is 5.75 Å². The van der Waals surface area contributed by atoms with Crippen LogP contribution in [0.15, 0.2) is 42.6 Å². The smallest absolute Gasteiger partial charge is 0.140 e. The third kappa shape index (κ3) is 4.25. The standard InChI is InChI=1S/C15H14FN3S/c16-15-4-2-1-3-12(15)11-20-8-7-18-14-6-5-13(9-17)19-10-14/h1-6,10,18H,7-8,11H2. The van der Waals surface area contributed by atoms with Gasteiger partial charge in [-0.3, -0.25) is 0 Å². The molecule has 5 heteroatoms. The Bertz CT molecular complexity index is 593. The number of hydrogen-bond donors (Lipinski definition) is 1. The van der Waals surface area contributed by atoms with Crippen LogP contribution in [0, 0.1) is 17.1 Å². The second-order valence-corrected chi connectivity index (χ2v) is 5.22. The average Bonchev–Trinajstić information content (AvgIpc) is 2.49. The summed E-state index contributed by atoms with van der Waals surface area (Å²) in [7, 11) is 0. The normalized spacial score (nSPS) is 10.0. The molecule has 0 radical (unpaired) electrons. The van der Waals surface area contributed by atoms with Crippen molar-refractivity contribution in [3.8, 4) is 6.07 Å². The first-order chi connectivity index (χ1) is 9.79. The minimum absolute atomic E-state index is 0.149. The first-order valence-corrected chi connectivity index (χ1v) is 7.36. The Morgan fingerprint density at radius 1 is 1.25 bits per heavy atom. The maximum Gasteiger partial charge on any atom is 0.140 e. The summed E-state index contributed by atoms with van der Waals surface area (Å²) < 4.78 is 13.4. The van der Waals surface area contributed by atoms with Crippen molar-refractivity contribution in [3.63, 3.8) is 0 Å². The summed E-state index contributed by atoms with van der Waals surface area (Å²) in [5.74, 6) is 1.39. The molecule has 1 heterocycles. The molecule has 0 saturated carbocycles. The van der Waals surface area contributed by atoms with Crippen LogP contribution in [0.1, 0.15) is 11.3 Å². The second-order valence-electron chi connectivity index (χ2n) is 4.11. The van der Waals surface area contributed by atoms with E-state index < -0.39 is 0 Å². The highest BCUT2D eigenvalue weighted by molar-refractivity contribution is 7.98. The number of aromatic nitrogens is 1. The number of anilines is 1. The van der Waals surface area contributed by atoms with Crippen LogP contribution in [0.4, 0.5) is 10.1 Å². The molecule has 0 unspecified atom stereocenters. The van der Waals surface area contributed by atoms with E-state index in [0.29, 0.717) is 11.4 Å². The summed E-state index contributed by atoms with van der Waals surface area (Å²) in [5.41, 5.74) is 2.03. The maximum atomic E-state index is 13.4. The predicted octanol–water partition coefficient (Wildman–Crippen LogP) is 3.44. The van der Waals surface area contributed by atoms with E-state index in [0.717, 1.165) is 23.5 Å². The molecule has 0 saturated heterocycles. The molecular weight excluding hydrogens is 273 g/mol. The van der Waals surface area contributed by atoms with Gasteiger partial charge in [-0.15, -0.1) is 0 Å². The molecule has 1 N–H and O–H groups in total. The Labute approximate surface area is 121 Å². The van der Waals surface area contributed by atoms with Gasteiger partial charge in [-0.2, -0.15) is 17.0 Å². The molecule has 102 valence electrons. The molecule has 1 aromatic carbocycles. The Balaban J connectivity index is 1.69. The molecular formula is C15H14FN3S. The van der Waals surface area contributed by atoms with Crippen LogP contribution in [0.5, 0.6) is 0 Å². The monoisotopic (exact) mass is 287 g/mol. The van der Waals surface area contributed by atoms with Crippen LogP contribution in [0.2, 0.25) is 0 Å². The highest BCUT2D eigenvalue weighted by Crippen LogP contribution is 2.15. The summed E-state index contributed by atoms with van der Waals surface area (Å²) in [4.78, 5) is 3.98. The molecule has 0 amide bonds. The molecule has 2 aromatic rings. The lowest BCUT2D eigenvalue weighted by molar-refractivity contribution is 0.617. The summed E-state index contributed by atoms with van der Waals surface area (Å²) in [6, 6.07) is 12.3. The first-order valence-electron chi connectivity index (χ1n) is 6.21. The van der Waals surface area contributed by atoms with Crippen molar-refractivity contribution in [2.24, 2.45) is 0 Å². The van der Waals surface area contributed by atoms with Gasteiger partial charge in [0.1, 0.15) is 17.6 Å². The maximum absolute atomic E-state index is 13.4. The molecule has 0 bridgehead atoms. The summed E-state index contributed by atoms with van der Waals surface area (Å²) in [5, 5.41) is 11.8. The molecule has 0 aliphatic heterocycles. The number of thioether (sulfide) groups is 1. The van der Waals surface area contributed by atoms with Crippen molar-refractivity contribution in [2.75, 3.05) is 17.6 Å². The Morgan fingerprint density at radius 3 is 2.80 bits per heavy atom. The van der Waals surface area contributed by atoms with Gasteiger partial charge in [0, 0.05) is 18.1 Å². The lowest BCUT2D eigenvalue weighted by Crippen LogP contribution is -2.04. The van der Waals surface area contributed by atoms with Gasteiger partial charge in [0.05, 0.1) is 11.9 Å². The lowest BCUT2D eigenvalue weighted by atomic mass is 10.2. The zero-order chi connectivity index (χ0) is 14.2. The van der Waals surface area contributed by atoms with Crippen LogP contribution in [0.3, 0.4) is 0 Å². The largest absolute Gasteiger partial charge is 0.383 e.